The number of nitrogens with zero attached hydrogens (tertiary/aromatic N) is 1. The van der Waals surface area contributed by atoms with E-state index in [4.69, 9.17) is 11.6 Å². The Hall–Kier alpha value is -0.770. The zero-order valence-corrected chi connectivity index (χ0v) is 12.2. The van der Waals surface area contributed by atoms with Gasteiger partial charge in [-0.1, -0.05) is 17.7 Å². The van der Waals surface area contributed by atoms with Gasteiger partial charge in [0.25, 0.3) is 5.91 Å². The average Bonchev–Trinajstić information content (AvgIpc) is 2.68. The van der Waals surface area contributed by atoms with Crippen molar-refractivity contribution in [3.8, 4) is 0 Å². The summed E-state index contributed by atoms with van der Waals surface area (Å²) < 4.78 is 0. The molecule has 1 aromatic carbocycles. The van der Waals surface area contributed by atoms with Gasteiger partial charge in [-0.3, -0.25) is 4.79 Å². The van der Waals surface area contributed by atoms with Crippen molar-refractivity contribution in [2.75, 3.05) is 13.1 Å². The Labute approximate surface area is 124 Å². The first kappa shape index (κ1) is 14.6. The van der Waals surface area contributed by atoms with Crippen molar-refractivity contribution < 1.29 is 4.79 Å². The number of hydrogen-bond acceptors (Lipinski definition) is 2. The van der Waals surface area contributed by atoms with E-state index in [1.807, 2.05) is 17.0 Å². The molecule has 2 aliphatic rings. The summed E-state index contributed by atoms with van der Waals surface area (Å²) in [5.74, 6) is 0.104. The van der Waals surface area contributed by atoms with Gasteiger partial charge in [0.2, 0.25) is 0 Å². The summed E-state index contributed by atoms with van der Waals surface area (Å²) in [5.41, 5.74) is 0.695. The van der Waals surface area contributed by atoms with Crippen molar-refractivity contribution in [3.05, 3.63) is 34.9 Å². The molecule has 0 aliphatic carbocycles. The largest absolute Gasteiger partial charge is 0.337 e. The normalized spacial score (nSPS) is 25.6. The minimum absolute atomic E-state index is 0. The van der Waals surface area contributed by atoms with Gasteiger partial charge >= 0.3 is 0 Å². The van der Waals surface area contributed by atoms with E-state index in [-0.39, 0.29) is 18.3 Å². The van der Waals surface area contributed by atoms with Gasteiger partial charge in [-0.15, -0.1) is 12.4 Å². The molecule has 2 bridgehead atoms. The zero-order chi connectivity index (χ0) is 12.5. The van der Waals surface area contributed by atoms with Crippen LogP contribution in [0.1, 0.15) is 29.6 Å². The number of hydrogen-bond donors (Lipinski definition) is 1. The lowest BCUT2D eigenvalue weighted by Crippen LogP contribution is -2.39. The lowest BCUT2D eigenvalue weighted by atomic mass is 10.1. The van der Waals surface area contributed by atoms with Gasteiger partial charge in [0.05, 0.1) is 0 Å². The molecule has 104 valence electrons. The van der Waals surface area contributed by atoms with Crippen molar-refractivity contribution in [3.63, 3.8) is 0 Å². The van der Waals surface area contributed by atoms with Crippen molar-refractivity contribution >= 4 is 29.9 Å². The summed E-state index contributed by atoms with van der Waals surface area (Å²) in [7, 11) is 0. The molecule has 0 radical (unpaired) electrons. The molecule has 2 unspecified atom stereocenters. The van der Waals surface area contributed by atoms with E-state index in [9.17, 15) is 4.79 Å². The quantitative estimate of drug-likeness (QED) is 0.865. The van der Waals surface area contributed by atoms with Crippen molar-refractivity contribution in [2.24, 2.45) is 0 Å². The Morgan fingerprint density at radius 3 is 2.84 bits per heavy atom. The van der Waals surface area contributed by atoms with Crippen molar-refractivity contribution in [2.45, 2.75) is 31.3 Å². The fraction of sp³-hybridized carbons (Fsp3) is 0.500. The molecular weight excluding hydrogens is 283 g/mol. The number of benzene rings is 1. The topological polar surface area (TPSA) is 32.3 Å². The lowest BCUT2D eigenvalue weighted by molar-refractivity contribution is 0.0748. The molecule has 2 aliphatic heterocycles. The summed E-state index contributed by atoms with van der Waals surface area (Å²) in [6, 6.07) is 8.29. The minimum Gasteiger partial charge on any atom is -0.337 e. The van der Waals surface area contributed by atoms with Crippen LogP contribution in [0.3, 0.4) is 0 Å². The monoisotopic (exact) mass is 300 g/mol. The number of carbonyl (C=O) groups excluding carboxylic acids is 1. The molecule has 2 heterocycles. The molecule has 0 aromatic heterocycles. The zero-order valence-electron chi connectivity index (χ0n) is 10.6. The molecule has 0 spiro atoms. The number of carbonyl (C=O) groups is 1. The van der Waals surface area contributed by atoms with Crippen LogP contribution in [-0.2, 0) is 0 Å². The predicted octanol–water partition coefficient (Wildman–Crippen LogP) is 2.73. The third kappa shape index (κ3) is 3.22. The molecule has 1 aromatic rings. The fourth-order valence-corrected chi connectivity index (χ4v) is 3.12. The highest BCUT2D eigenvalue weighted by molar-refractivity contribution is 6.30. The van der Waals surface area contributed by atoms with Gasteiger partial charge in [0.15, 0.2) is 0 Å². The molecule has 1 N–H and O–H groups in total. The van der Waals surface area contributed by atoms with E-state index >= 15 is 0 Å². The third-order valence-corrected chi connectivity index (χ3v) is 4.12. The van der Waals surface area contributed by atoms with E-state index in [0.717, 1.165) is 19.5 Å². The number of rotatable bonds is 1. The maximum absolute atomic E-state index is 12.4. The van der Waals surface area contributed by atoms with Gasteiger partial charge in [0.1, 0.15) is 0 Å². The first-order valence-corrected chi connectivity index (χ1v) is 6.91. The fourth-order valence-electron chi connectivity index (χ4n) is 2.93. The Balaban J connectivity index is 0.00000133. The lowest BCUT2D eigenvalue weighted by Gasteiger charge is -2.24. The van der Waals surface area contributed by atoms with Gasteiger partial charge in [0, 0.05) is 35.8 Å². The summed E-state index contributed by atoms with van der Waals surface area (Å²) in [5, 5.41) is 4.20. The molecule has 2 saturated heterocycles. The molecule has 5 heteroatoms. The molecule has 2 atom stereocenters. The number of amides is 1. The van der Waals surface area contributed by atoms with Crippen LogP contribution in [0.5, 0.6) is 0 Å². The average molecular weight is 301 g/mol. The number of nitrogens with one attached hydrogen (secondary N) is 1. The maximum Gasteiger partial charge on any atom is 0.253 e. The predicted molar refractivity (Wildman–Crippen MR) is 79.2 cm³/mol. The SMILES string of the molecule is Cl.O=C(c1cccc(Cl)c1)N1CCC2CCC(C1)N2. The van der Waals surface area contributed by atoms with Crippen LogP contribution in [0.15, 0.2) is 24.3 Å². The Kier molecular flexibility index (Phi) is 4.71. The Morgan fingerprint density at radius 2 is 2.05 bits per heavy atom. The molecule has 3 rings (SSSR count). The number of fused-ring (bicyclic) bond motifs is 2. The van der Waals surface area contributed by atoms with E-state index < -0.39 is 0 Å². The summed E-state index contributed by atoms with van der Waals surface area (Å²) in [4.78, 5) is 14.4. The van der Waals surface area contributed by atoms with Crippen LogP contribution in [0.4, 0.5) is 0 Å². The molecule has 0 saturated carbocycles. The molecule has 3 nitrogen and oxygen atoms in total. The van der Waals surface area contributed by atoms with Crippen LogP contribution in [-0.4, -0.2) is 36.0 Å². The van der Waals surface area contributed by atoms with E-state index in [1.54, 1.807) is 12.1 Å². The Morgan fingerprint density at radius 1 is 1.26 bits per heavy atom. The molecular formula is C14H18Cl2N2O. The summed E-state index contributed by atoms with van der Waals surface area (Å²) in [6.45, 7) is 1.67. The van der Waals surface area contributed by atoms with Gasteiger partial charge < -0.3 is 10.2 Å². The van der Waals surface area contributed by atoms with Crippen LogP contribution in [0.2, 0.25) is 5.02 Å². The Bertz CT molecular complexity index is 467. The highest BCUT2D eigenvalue weighted by atomic mass is 35.5. The molecule has 1 amide bonds. The van der Waals surface area contributed by atoms with Crippen molar-refractivity contribution in [1.29, 1.82) is 0 Å². The minimum atomic E-state index is 0. The highest BCUT2D eigenvalue weighted by Crippen LogP contribution is 2.22. The smallest absolute Gasteiger partial charge is 0.253 e. The maximum atomic E-state index is 12.4. The third-order valence-electron chi connectivity index (χ3n) is 3.88. The summed E-state index contributed by atoms with van der Waals surface area (Å²) in [6.07, 6.45) is 3.50. The van der Waals surface area contributed by atoms with Crippen LogP contribution in [0, 0.1) is 0 Å². The van der Waals surface area contributed by atoms with E-state index in [2.05, 4.69) is 5.32 Å². The number of likely N-dealkylation sites (tertiary alicyclic amines) is 1. The van der Waals surface area contributed by atoms with Gasteiger partial charge in [-0.25, -0.2) is 0 Å². The van der Waals surface area contributed by atoms with Crippen LogP contribution >= 0.6 is 24.0 Å². The standard InChI is InChI=1S/C14H17ClN2O.ClH/c15-11-3-1-2-10(8-11)14(18)17-7-6-12-4-5-13(9-17)16-12;/h1-3,8,12-13,16H,4-7,9H2;1H. The van der Waals surface area contributed by atoms with Crippen molar-refractivity contribution in [1.82, 2.24) is 10.2 Å². The van der Waals surface area contributed by atoms with Crippen LogP contribution < -0.4 is 5.32 Å². The summed E-state index contributed by atoms with van der Waals surface area (Å²) >= 11 is 5.94. The second-order valence-corrected chi connectivity index (χ2v) is 5.62. The first-order valence-electron chi connectivity index (χ1n) is 6.53. The highest BCUT2D eigenvalue weighted by Gasteiger charge is 2.31. The van der Waals surface area contributed by atoms with E-state index in [0.29, 0.717) is 22.7 Å². The number of halogens is 2. The second-order valence-electron chi connectivity index (χ2n) is 5.19. The second kappa shape index (κ2) is 6.12. The first-order chi connectivity index (χ1) is 8.72. The molecule has 2 fully saturated rings. The van der Waals surface area contributed by atoms with Crippen LogP contribution in [0.25, 0.3) is 0 Å². The van der Waals surface area contributed by atoms with Gasteiger partial charge in [-0.05, 0) is 37.5 Å². The molecule has 19 heavy (non-hydrogen) atoms. The van der Waals surface area contributed by atoms with Gasteiger partial charge in [-0.2, -0.15) is 0 Å². The van der Waals surface area contributed by atoms with E-state index in [1.165, 1.54) is 12.8 Å².